The van der Waals surface area contributed by atoms with Crippen LogP contribution in [-0.4, -0.2) is 62.1 Å². The molecule has 1 aliphatic heterocycles. The van der Waals surface area contributed by atoms with E-state index in [9.17, 15) is 0 Å². The van der Waals surface area contributed by atoms with Crippen LogP contribution < -0.4 is 5.32 Å². The number of benzene rings is 1. The van der Waals surface area contributed by atoms with Crippen molar-refractivity contribution in [2.75, 3.05) is 46.3 Å². The van der Waals surface area contributed by atoms with Gasteiger partial charge in [0.05, 0.1) is 6.54 Å². The Bertz CT molecular complexity index is 472. The highest BCUT2D eigenvalue weighted by Gasteiger charge is 2.24. The topological polar surface area (TPSA) is 30.9 Å². The van der Waals surface area contributed by atoms with Gasteiger partial charge < -0.3 is 15.1 Å². The van der Waals surface area contributed by atoms with Crippen LogP contribution in [0.15, 0.2) is 35.3 Å². The van der Waals surface area contributed by atoms with Gasteiger partial charge in [-0.25, -0.2) is 0 Å². The molecule has 1 atom stereocenters. The number of aliphatic imine (C=N–C) groups is 1. The zero-order valence-electron chi connectivity index (χ0n) is 15.0. The summed E-state index contributed by atoms with van der Waals surface area (Å²) in [5.74, 6) is 1.83. The third kappa shape index (κ3) is 5.87. The second kappa shape index (κ2) is 9.56. The van der Waals surface area contributed by atoms with Gasteiger partial charge in [-0.3, -0.25) is 4.99 Å². The van der Waals surface area contributed by atoms with Gasteiger partial charge in [0, 0.05) is 26.2 Å². The normalized spacial score (nSPS) is 18.7. The van der Waals surface area contributed by atoms with Crippen LogP contribution in [0.1, 0.15) is 25.8 Å². The molecule has 0 saturated carbocycles. The molecule has 0 aromatic heterocycles. The molecule has 128 valence electrons. The molecule has 0 radical (unpaired) electrons. The first kappa shape index (κ1) is 17.8. The molecule has 0 bridgehead atoms. The van der Waals surface area contributed by atoms with E-state index in [-0.39, 0.29) is 0 Å². The van der Waals surface area contributed by atoms with E-state index in [1.54, 1.807) is 0 Å². The molecule has 4 heteroatoms. The Kier molecular flexibility index (Phi) is 7.40. The Balaban J connectivity index is 1.87. The van der Waals surface area contributed by atoms with Gasteiger partial charge in [-0.15, -0.1) is 0 Å². The van der Waals surface area contributed by atoms with E-state index in [2.05, 4.69) is 66.3 Å². The van der Waals surface area contributed by atoms with E-state index >= 15 is 0 Å². The fraction of sp³-hybridized carbons (Fsp3) is 0.632. The maximum Gasteiger partial charge on any atom is 0.193 e. The predicted octanol–water partition coefficient (Wildman–Crippen LogP) is 2.47. The second-order valence-corrected chi connectivity index (χ2v) is 6.42. The number of guanidine groups is 1. The number of rotatable bonds is 7. The molecule has 1 N–H and O–H groups in total. The summed E-state index contributed by atoms with van der Waals surface area (Å²) < 4.78 is 0. The Morgan fingerprint density at radius 1 is 1.30 bits per heavy atom. The van der Waals surface area contributed by atoms with Crippen LogP contribution in [0.5, 0.6) is 0 Å². The smallest absolute Gasteiger partial charge is 0.193 e. The molecule has 4 nitrogen and oxygen atoms in total. The minimum absolute atomic E-state index is 0.736. The zero-order chi connectivity index (χ0) is 16.5. The van der Waals surface area contributed by atoms with E-state index in [0.29, 0.717) is 0 Å². The molecule has 1 fully saturated rings. The van der Waals surface area contributed by atoms with Gasteiger partial charge in [0.25, 0.3) is 0 Å². The summed E-state index contributed by atoms with van der Waals surface area (Å²) in [4.78, 5) is 9.55. The van der Waals surface area contributed by atoms with Crippen molar-refractivity contribution in [3.63, 3.8) is 0 Å². The second-order valence-electron chi connectivity index (χ2n) is 6.42. The summed E-state index contributed by atoms with van der Waals surface area (Å²) in [5, 5.41) is 3.46. The average Bonchev–Trinajstić information content (AvgIpc) is 3.03. The quantitative estimate of drug-likeness (QED) is 0.619. The Morgan fingerprint density at radius 2 is 2.09 bits per heavy atom. The fourth-order valence-electron chi connectivity index (χ4n) is 3.05. The van der Waals surface area contributed by atoms with Gasteiger partial charge in [0.1, 0.15) is 0 Å². The molecule has 1 heterocycles. The van der Waals surface area contributed by atoms with E-state index in [0.717, 1.165) is 51.1 Å². The summed E-state index contributed by atoms with van der Waals surface area (Å²) in [6, 6.07) is 10.8. The minimum Gasteiger partial charge on any atom is -0.357 e. The third-order valence-electron chi connectivity index (χ3n) is 4.57. The van der Waals surface area contributed by atoms with Crippen molar-refractivity contribution in [1.29, 1.82) is 0 Å². The zero-order valence-corrected chi connectivity index (χ0v) is 15.0. The molecular weight excluding hydrogens is 284 g/mol. The van der Waals surface area contributed by atoms with E-state index in [1.807, 2.05) is 0 Å². The summed E-state index contributed by atoms with van der Waals surface area (Å²) in [5.41, 5.74) is 1.45. The number of likely N-dealkylation sites (N-methyl/N-ethyl adjacent to an activating group) is 1. The number of likely N-dealkylation sites (tertiary alicyclic amines) is 1. The molecule has 0 aliphatic carbocycles. The molecule has 23 heavy (non-hydrogen) atoms. The van der Waals surface area contributed by atoms with Crippen molar-refractivity contribution >= 4 is 5.96 Å². The van der Waals surface area contributed by atoms with Crippen molar-refractivity contribution in [1.82, 2.24) is 15.1 Å². The molecule has 2 rings (SSSR count). The lowest BCUT2D eigenvalue weighted by Gasteiger charge is -2.22. The first-order valence-corrected chi connectivity index (χ1v) is 8.98. The Labute approximate surface area is 141 Å². The van der Waals surface area contributed by atoms with Gasteiger partial charge in [-0.1, -0.05) is 37.3 Å². The monoisotopic (exact) mass is 316 g/mol. The van der Waals surface area contributed by atoms with Crippen molar-refractivity contribution < 1.29 is 0 Å². The van der Waals surface area contributed by atoms with Crippen molar-refractivity contribution in [2.24, 2.45) is 10.9 Å². The van der Waals surface area contributed by atoms with Gasteiger partial charge >= 0.3 is 0 Å². The van der Waals surface area contributed by atoms with Crippen LogP contribution in [0.4, 0.5) is 0 Å². The highest BCUT2D eigenvalue weighted by Crippen LogP contribution is 2.20. The number of nitrogens with zero attached hydrogens (tertiary/aromatic N) is 3. The summed E-state index contributed by atoms with van der Waals surface area (Å²) in [6.45, 7) is 10.5. The van der Waals surface area contributed by atoms with Crippen molar-refractivity contribution in [3.05, 3.63) is 35.9 Å². The molecule has 1 unspecified atom stereocenters. The highest BCUT2D eigenvalue weighted by atomic mass is 15.3. The molecule has 0 spiro atoms. The van der Waals surface area contributed by atoms with Crippen molar-refractivity contribution in [3.8, 4) is 0 Å². The largest absolute Gasteiger partial charge is 0.357 e. The van der Waals surface area contributed by atoms with Crippen molar-refractivity contribution in [2.45, 2.75) is 26.7 Å². The standard InChI is InChI=1S/C19H32N4/c1-4-20-19(21-12-14-22(3)5-2)23-13-11-18(16-23)15-17-9-7-6-8-10-17/h6-10,18H,4-5,11-16H2,1-3H3,(H,20,21). The fourth-order valence-corrected chi connectivity index (χ4v) is 3.05. The summed E-state index contributed by atoms with van der Waals surface area (Å²) >= 11 is 0. The molecule has 1 saturated heterocycles. The minimum atomic E-state index is 0.736. The average molecular weight is 316 g/mol. The summed E-state index contributed by atoms with van der Waals surface area (Å²) in [6.07, 6.45) is 2.43. The number of hydrogen-bond acceptors (Lipinski definition) is 2. The molecule has 1 aromatic carbocycles. The lowest BCUT2D eigenvalue weighted by Crippen LogP contribution is -2.40. The van der Waals surface area contributed by atoms with Gasteiger partial charge in [-0.05, 0) is 44.8 Å². The Morgan fingerprint density at radius 3 is 2.78 bits per heavy atom. The van der Waals surface area contributed by atoms with Gasteiger partial charge in [0.2, 0.25) is 0 Å². The van der Waals surface area contributed by atoms with Crippen LogP contribution in [0.3, 0.4) is 0 Å². The maximum atomic E-state index is 4.81. The van der Waals surface area contributed by atoms with Crippen LogP contribution in [-0.2, 0) is 6.42 Å². The lowest BCUT2D eigenvalue weighted by molar-refractivity contribution is 0.361. The SMILES string of the molecule is CCNC(=NCCN(C)CC)N1CCC(Cc2ccccc2)C1. The van der Waals surface area contributed by atoms with Crippen LogP contribution in [0.2, 0.25) is 0 Å². The van der Waals surface area contributed by atoms with Crippen LogP contribution in [0, 0.1) is 5.92 Å². The number of nitrogens with one attached hydrogen (secondary N) is 1. The third-order valence-corrected chi connectivity index (χ3v) is 4.57. The summed E-state index contributed by atoms with van der Waals surface area (Å²) in [7, 11) is 2.15. The number of hydrogen-bond donors (Lipinski definition) is 1. The lowest BCUT2D eigenvalue weighted by atomic mass is 9.99. The van der Waals surface area contributed by atoms with E-state index < -0.39 is 0 Å². The molecular formula is C19H32N4. The van der Waals surface area contributed by atoms with Crippen LogP contribution >= 0.6 is 0 Å². The Hall–Kier alpha value is -1.55. The van der Waals surface area contributed by atoms with Crippen LogP contribution in [0.25, 0.3) is 0 Å². The van der Waals surface area contributed by atoms with E-state index in [1.165, 1.54) is 18.4 Å². The van der Waals surface area contributed by atoms with E-state index in [4.69, 9.17) is 4.99 Å². The van der Waals surface area contributed by atoms with Gasteiger partial charge in [-0.2, -0.15) is 0 Å². The first-order valence-electron chi connectivity index (χ1n) is 8.98. The maximum absolute atomic E-state index is 4.81. The predicted molar refractivity (Wildman–Crippen MR) is 99.0 cm³/mol. The molecule has 1 aliphatic rings. The molecule has 0 amide bonds. The molecule has 1 aromatic rings. The highest BCUT2D eigenvalue weighted by molar-refractivity contribution is 5.80. The first-order chi connectivity index (χ1) is 11.2. The van der Waals surface area contributed by atoms with Gasteiger partial charge in [0.15, 0.2) is 5.96 Å².